The van der Waals surface area contributed by atoms with E-state index in [9.17, 15) is 9.90 Å². The molecule has 0 saturated heterocycles. The highest BCUT2D eigenvalue weighted by Gasteiger charge is 2.19. The van der Waals surface area contributed by atoms with E-state index in [1.807, 2.05) is 24.3 Å². The highest BCUT2D eigenvalue weighted by molar-refractivity contribution is 5.82. The Morgan fingerprint density at radius 2 is 2.33 bits per heavy atom. The number of aliphatic carboxylic acids is 1. The van der Waals surface area contributed by atoms with Gasteiger partial charge in [0.2, 0.25) is 0 Å². The molecule has 1 aromatic heterocycles. The maximum atomic E-state index is 11.4. The molecule has 7 nitrogen and oxygen atoms in total. The minimum absolute atomic E-state index is 0.345. The number of fused-ring (bicyclic) bond motifs is 1. The van der Waals surface area contributed by atoms with Crippen molar-refractivity contribution in [3.63, 3.8) is 0 Å². The number of carbonyl (C=O) groups is 1. The Labute approximate surface area is 121 Å². The van der Waals surface area contributed by atoms with Crippen LogP contribution in [0.15, 0.2) is 41.6 Å². The van der Waals surface area contributed by atoms with Crippen molar-refractivity contribution in [3.05, 3.63) is 52.5 Å². The largest absolute Gasteiger partial charge is 0.480 e. The van der Waals surface area contributed by atoms with Crippen molar-refractivity contribution in [2.24, 2.45) is 5.11 Å². The number of benzene rings is 1. The first kappa shape index (κ1) is 14.8. The minimum Gasteiger partial charge on any atom is -0.480 e. The molecule has 0 aliphatic heterocycles. The molecular formula is C14H15N5O2. The van der Waals surface area contributed by atoms with Crippen LogP contribution in [0.3, 0.4) is 0 Å². The van der Waals surface area contributed by atoms with Gasteiger partial charge in [0.1, 0.15) is 6.04 Å². The van der Waals surface area contributed by atoms with Crippen molar-refractivity contribution < 1.29 is 9.90 Å². The fourth-order valence-electron chi connectivity index (χ4n) is 2.06. The van der Waals surface area contributed by atoms with Crippen molar-refractivity contribution >= 4 is 16.9 Å². The van der Waals surface area contributed by atoms with Gasteiger partial charge in [-0.2, -0.15) is 0 Å². The molecule has 0 aliphatic rings. The summed E-state index contributed by atoms with van der Waals surface area (Å²) >= 11 is 0. The second kappa shape index (κ2) is 7.23. The first-order valence-corrected chi connectivity index (χ1v) is 6.54. The molecule has 0 spiro atoms. The second-order valence-corrected chi connectivity index (χ2v) is 4.49. The predicted octanol–water partition coefficient (Wildman–Crippen LogP) is 2.65. The molecule has 0 radical (unpaired) electrons. The van der Waals surface area contributed by atoms with Gasteiger partial charge in [0.15, 0.2) is 0 Å². The highest BCUT2D eigenvalue weighted by atomic mass is 16.4. The van der Waals surface area contributed by atoms with Crippen LogP contribution in [0.2, 0.25) is 0 Å². The van der Waals surface area contributed by atoms with Gasteiger partial charge in [-0.1, -0.05) is 17.2 Å². The fraction of sp³-hybridized carbons (Fsp3) is 0.286. The standard InChI is InChI=1S/C14H15N5O2/c15-19-18-8-2-7-17-13(14(20)21)11-4-5-12-10(9-11)3-1-6-16-12/h1,3-6,9,13,17H,2,7-8H2,(H,20,21). The van der Waals surface area contributed by atoms with Crippen LogP contribution in [0.5, 0.6) is 0 Å². The van der Waals surface area contributed by atoms with Gasteiger partial charge in [-0.25, -0.2) is 0 Å². The summed E-state index contributed by atoms with van der Waals surface area (Å²) < 4.78 is 0. The highest BCUT2D eigenvalue weighted by Crippen LogP contribution is 2.19. The van der Waals surface area contributed by atoms with Gasteiger partial charge in [0.05, 0.1) is 5.52 Å². The van der Waals surface area contributed by atoms with Crippen LogP contribution in [0.25, 0.3) is 21.3 Å². The molecule has 1 atom stereocenters. The molecule has 0 saturated carbocycles. The monoisotopic (exact) mass is 285 g/mol. The molecule has 108 valence electrons. The van der Waals surface area contributed by atoms with Crippen molar-refractivity contribution in [1.29, 1.82) is 0 Å². The minimum atomic E-state index is -0.943. The van der Waals surface area contributed by atoms with Gasteiger partial charge >= 0.3 is 5.97 Å². The lowest BCUT2D eigenvalue weighted by Gasteiger charge is -2.15. The van der Waals surface area contributed by atoms with E-state index in [4.69, 9.17) is 5.53 Å². The molecule has 0 bridgehead atoms. The molecule has 2 rings (SSSR count). The normalized spacial score (nSPS) is 11.8. The summed E-state index contributed by atoms with van der Waals surface area (Å²) in [5.74, 6) is -0.943. The molecule has 0 amide bonds. The van der Waals surface area contributed by atoms with Crippen LogP contribution >= 0.6 is 0 Å². The maximum absolute atomic E-state index is 11.4. The maximum Gasteiger partial charge on any atom is 0.325 e. The van der Waals surface area contributed by atoms with E-state index in [1.165, 1.54) is 0 Å². The average molecular weight is 285 g/mol. The summed E-state index contributed by atoms with van der Waals surface area (Å²) in [6, 6.07) is 8.31. The Balaban J connectivity index is 2.12. The smallest absolute Gasteiger partial charge is 0.325 e. The van der Waals surface area contributed by atoms with Gasteiger partial charge in [0, 0.05) is 23.0 Å². The summed E-state index contributed by atoms with van der Waals surface area (Å²) in [4.78, 5) is 18.3. The molecule has 0 fully saturated rings. The molecule has 1 heterocycles. The molecular weight excluding hydrogens is 270 g/mol. The number of carboxylic acids is 1. The number of azide groups is 1. The number of pyridine rings is 1. The lowest BCUT2D eigenvalue weighted by molar-refractivity contribution is -0.139. The van der Waals surface area contributed by atoms with Gasteiger partial charge in [-0.3, -0.25) is 9.78 Å². The van der Waals surface area contributed by atoms with E-state index in [2.05, 4.69) is 20.3 Å². The van der Waals surface area contributed by atoms with Gasteiger partial charge < -0.3 is 10.4 Å². The fourth-order valence-corrected chi connectivity index (χ4v) is 2.06. The summed E-state index contributed by atoms with van der Waals surface area (Å²) in [5, 5.41) is 16.6. The second-order valence-electron chi connectivity index (χ2n) is 4.49. The van der Waals surface area contributed by atoms with E-state index in [0.717, 1.165) is 10.9 Å². The SMILES string of the molecule is [N-]=[N+]=NCCCNC(C(=O)O)c1ccc2ncccc2c1. The molecule has 21 heavy (non-hydrogen) atoms. The number of nitrogens with one attached hydrogen (secondary N) is 1. The third-order valence-electron chi connectivity index (χ3n) is 3.05. The van der Waals surface area contributed by atoms with Crippen LogP contribution in [0, 0.1) is 0 Å². The zero-order valence-corrected chi connectivity index (χ0v) is 11.3. The van der Waals surface area contributed by atoms with Crippen LogP contribution in [-0.2, 0) is 4.79 Å². The van der Waals surface area contributed by atoms with E-state index in [-0.39, 0.29) is 0 Å². The van der Waals surface area contributed by atoms with Crippen molar-refractivity contribution in [3.8, 4) is 0 Å². The van der Waals surface area contributed by atoms with Crippen molar-refractivity contribution in [1.82, 2.24) is 10.3 Å². The van der Waals surface area contributed by atoms with E-state index >= 15 is 0 Å². The Morgan fingerprint density at radius 1 is 1.48 bits per heavy atom. The quantitative estimate of drug-likeness (QED) is 0.352. The number of rotatable bonds is 7. The number of carboxylic acid groups (broad SMARTS) is 1. The number of nitrogens with zero attached hydrogens (tertiary/aromatic N) is 4. The molecule has 7 heteroatoms. The molecule has 2 N–H and O–H groups in total. The summed E-state index contributed by atoms with van der Waals surface area (Å²) in [5.41, 5.74) is 9.68. The summed E-state index contributed by atoms with van der Waals surface area (Å²) in [6.07, 6.45) is 2.29. The summed E-state index contributed by atoms with van der Waals surface area (Å²) in [6.45, 7) is 0.804. The topological polar surface area (TPSA) is 111 Å². The Morgan fingerprint density at radius 3 is 3.10 bits per heavy atom. The Kier molecular flexibility index (Phi) is 5.09. The molecule has 1 unspecified atom stereocenters. The lowest BCUT2D eigenvalue weighted by atomic mass is 10.0. The van der Waals surface area contributed by atoms with Gasteiger partial charge in [-0.15, -0.1) is 0 Å². The Hall–Kier alpha value is -2.63. The number of aromatic nitrogens is 1. The van der Waals surface area contributed by atoms with E-state index < -0.39 is 12.0 Å². The van der Waals surface area contributed by atoms with E-state index in [0.29, 0.717) is 25.1 Å². The van der Waals surface area contributed by atoms with Crippen LogP contribution in [-0.4, -0.2) is 29.1 Å². The molecule has 1 aromatic carbocycles. The average Bonchev–Trinajstić information content (AvgIpc) is 2.50. The predicted molar refractivity (Wildman–Crippen MR) is 78.8 cm³/mol. The van der Waals surface area contributed by atoms with Crippen LogP contribution < -0.4 is 5.32 Å². The Bertz CT molecular complexity index is 682. The zero-order chi connectivity index (χ0) is 15.1. The van der Waals surface area contributed by atoms with E-state index in [1.54, 1.807) is 12.3 Å². The summed E-state index contributed by atoms with van der Waals surface area (Å²) in [7, 11) is 0. The van der Waals surface area contributed by atoms with Crippen LogP contribution in [0.1, 0.15) is 18.0 Å². The van der Waals surface area contributed by atoms with Crippen molar-refractivity contribution in [2.45, 2.75) is 12.5 Å². The van der Waals surface area contributed by atoms with Gasteiger partial charge in [-0.05, 0) is 42.3 Å². The van der Waals surface area contributed by atoms with Crippen molar-refractivity contribution in [2.75, 3.05) is 13.1 Å². The zero-order valence-electron chi connectivity index (χ0n) is 11.3. The first-order chi connectivity index (χ1) is 10.2. The number of hydrogen-bond donors (Lipinski definition) is 2. The molecule has 2 aromatic rings. The number of hydrogen-bond acceptors (Lipinski definition) is 4. The first-order valence-electron chi connectivity index (χ1n) is 6.54. The van der Waals surface area contributed by atoms with Crippen LogP contribution in [0.4, 0.5) is 0 Å². The third-order valence-corrected chi connectivity index (χ3v) is 3.05. The van der Waals surface area contributed by atoms with Gasteiger partial charge in [0.25, 0.3) is 0 Å². The lowest BCUT2D eigenvalue weighted by Crippen LogP contribution is -2.29. The molecule has 0 aliphatic carbocycles. The third kappa shape index (κ3) is 3.92.